The maximum Gasteiger partial charge on any atom is 0.0571 e. The van der Waals surface area contributed by atoms with Gasteiger partial charge in [0.2, 0.25) is 0 Å². The molecule has 0 fully saturated rings. The van der Waals surface area contributed by atoms with Crippen LogP contribution in [0.3, 0.4) is 0 Å². The van der Waals surface area contributed by atoms with E-state index in [9.17, 15) is 5.11 Å². The Labute approximate surface area is 122 Å². The average Bonchev–Trinajstić information content (AvgIpc) is 2.36. The molecule has 115 valence electrons. The lowest BCUT2D eigenvalue weighted by molar-refractivity contribution is 0.189. The summed E-state index contributed by atoms with van der Waals surface area (Å²) >= 11 is 0. The van der Waals surface area contributed by atoms with Gasteiger partial charge in [0.25, 0.3) is 0 Å². The van der Waals surface area contributed by atoms with E-state index in [2.05, 4.69) is 20.8 Å². The zero-order chi connectivity index (χ0) is 14.3. The maximum absolute atomic E-state index is 9.56. The summed E-state index contributed by atoms with van der Waals surface area (Å²) in [5.74, 6) is 0.875. The van der Waals surface area contributed by atoms with E-state index < -0.39 is 0 Å². The van der Waals surface area contributed by atoms with Gasteiger partial charge in [-0.1, -0.05) is 91.4 Å². The second-order valence-electron chi connectivity index (χ2n) is 6.36. The van der Waals surface area contributed by atoms with Crippen LogP contribution >= 0.6 is 0 Å². The van der Waals surface area contributed by atoms with Gasteiger partial charge in [-0.3, -0.25) is 0 Å². The van der Waals surface area contributed by atoms with Gasteiger partial charge in [-0.15, -0.1) is 0 Å². The van der Waals surface area contributed by atoms with Crippen molar-refractivity contribution in [2.75, 3.05) is 0 Å². The zero-order valence-electron chi connectivity index (χ0n) is 13.7. The highest BCUT2D eigenvalue weighted by molar-refractivity contribution is 4.72. The topological polar surface area (TPSA) is 20.2 Å². The van der Waals surface area contributed by atoms with Gasteiger partial charge in [0.15, 0.2) is 0 Å². The molecule has 0 amide bonds. The molecule has 19 heavy (non-hydrogen) atoms. The molecule has 0 aliphatic rings. The number of aliphatic hydroxyl groups is 1. The van der Waals surface area contributed by atoms with Gasteiger partial charge < -0.3 is 5.11 Å². The van der Waals surface area contributed by atoms with Crippen molar-refractivity contribution in [2.45, 2.75) is 104 Å². The molecule has 0 heterocycles. The normalized spacial score (nSPS) is 13.1. The minimum absolute atomic E-state index is 0.161. The van der Waals surface area contributed by atoms with Crippen LogP contribution < -0.4 is 0 Å². The van der Waals surface area contributed by atoms with E-state index in [1.807, 2.05) is 6.42 Å². The van der Waals surface area contributed by atoms with E-state index in [4.69, 9.17) is 0 Å². The summed E-state index contributed by atoms with van der Waals surface area (Å²) in [5, 5.41) is 9.56. The fourth-order valence-corrected chi connectivity index (χ4v) is 2.53. The third kappa shape index (κ3) is 15.9. The van der Waals surface area contributed by atoms with E-state index in [0.29, 0.717) is 0 Å². The standard InChI is InChI=1S/C18H37O/c1-4-14-18(19)16-13-11-9-7-5-6-8-10-12-15-17(2)3/h14,17-19H,4-13,15-16H2,1-3H3. The smallest absolute Gasteiger partial charge is 0.0571 e. The summed E-state index contributed by atoms with van der Waals surface area (Å²) < 4.78 is 0. The fraction of sp³-hybridized carbons (Fsp3) is 0.944. The average molecular weight is 269 g/mol. The van der Waals surface area contributed by atoms with Crippen molar-refractivity contribution in [3.05, 3.63) is 6.42 Å². The monoisotopic (exact) mass is 269 g/mol. The third-order valence-electron chi connectivity index (χ3n) is 3.79. The fourth-order valence-electron chi connectivity index (χ4n) is 2.53. The van der Waals surface area contributed by atoms with Crippen molar-refractivity contribution in [3.63, 3.8) is 0 Å². The second-order valence-corrected chi connectivity index (χ2v) is 6.36. The molecule has 0 aliphatic carbocycles. The molecule has 1 unspecified atom stereocenters. The summed E-state index contributed by atoms with van der Waals surface area (Å²) in [6.07, 6.45) is 17.5. The van der Waals surface area contributed by atoms with E-state index in [1.54, 1.807) is 0 Å². The highest BCUT2D eigenvalue weighted by atomic mass is 16.3. The molecule has 1 heteroatoms. The van der Waals surface area contributed by atoms with Crippen LogP contribution in [0.1, 0.15) is 97.8 Å². The van der Waals surface area contributed by atoms with Gasteiger partial charge in [-0.2, -0.15) is 0 Å². The molecular weight excluding hydrogens is 232 g/mol. The quantitative estimate of drug-likeness (QED) is 0.389. The lowest BCUT2D eigenvalue weighted by Gasteiger charge is -2.08. The number of hydrogen-bond donors (Lipinski definition) is 1. The highest BCUT2D eigenvalue weighted by Crippen LogP contribution is 2.14. The summed E-state index contributed by atoms with van der Waals surface area (Å²) in [5.41, 5.74) is 0. The molecule has 0 rings (SSSR count). The van der Waals surface area contributed by atoms with Crippen LogP contribution in [0, 0.1) is 12.3 Å². The number of hydrogen-bond acceptors (Lipinski definition) is 1. The Morgan fingerprint density at radius 3 is 1.58 bits per heavy atom. The molecule has 0 aliphatic heterocycles. The van der Waals surface area contributed by atoms with E-state index in [-0.39, 0.29) is 6.10 Å². The lowest BCUT2D eigenvalue weighted by atomic mass is 10.0. The van der Waals surface area contributed by atoms with Crippen LogP contribution in [0.5, 0.6) is 0 Å². The van der Waals surface area contributed by atoms with Crippen LogP contribution in [0.2, 0.25) is 0 Å². The van der Waals surface area contributed by atoms with E-state index >= 15 is 0 Å². The summed E-state index contributed by atoms with van der Waals surface area (Å²) in [7, 11) is 0. The molecule has 1 nitrogen and oxygen atoms in total. The summed E-state index contributed by atoms with van der Waals surface area (Å²) in [4.78, 5) is 0. The molecule has 0 aromatic heterocycles. The third-order valence-corrected chi connectivity index (χ3v) is 3.79. The first-order valence-electron chi connectivity index (χ1n) is 8.68. The van der Waals surface area contributed by atoms with Crippen LogP contribution in [0.4, 0.5) is 0 Å². The molecule has 0 spiro atoms. The lowest BCUT2D eigenvalue weighted by Crippen LogP contribution is -2.05. The molecule has 1 atom stereocenters. The predicted octanol–water partition coefficient (Wildman–Crippen LogP) is 5.91. The number of unbranched alkanes of at least 4 members (excludes halogenated alkanes) is 8. The summed E-state index contributed by atoms with van der Waals surface area (Å²) in [6.45, 7) is 6.72. The Hall–Kier alpha value is -0.0400. The Kier molecular flexibility index (Phi) is 14.3. The highest BCUT2D eigenvalue weighted by Gasteiger charge is 2.01. The second kappa shape index (κ2) is 14.4. The first kappa shape index (κ1) is 19.0. The van der Waals surface area contributed by atoms with Crippen LogP contribution in [-0.4, -0.2) is 11.2 Å². The van der Waals surface area contributed by atoms with Gasteiger partial charge >= 0.3 is 0 Å². The predicted molar refractivity (Wildman–Crippen MR) is 86.2 cm³/mol. The van der Waals surface area contributed by atoms with Gasteiger partial charge in [0.05, 0.1) is 6.10 Å². The Morgan fingerprint density at radius 1 is 0.737 bits per heavy atom. The van der Waals surface area contributed by atoms with Crippen LogP contribution in [0.25, 0.3) is 0 Å². The van der Waals surface area contributed by atoms with Crippen molar-refractivity contribution < 1.29 is 5.11 Å². The van der Waals surface area contributed by atoms with E-state index in [0.717, 1.165) is 18.8 Å². The van der Waals surface area contributed by atoms with Gasteiger partial charge in [0, 0.05) is 0 Å². The van der Waals surface area contributed by atoms with Crippen molar-refractivity contribution in [1.29, 1.82) is 0 Å². The van der Waals surface area contributed by atoms with Crippen LogP contribution in [0.15, 0.2) is 0 Å². The molecule has 1 radical (unpaired) electrons. The van der Waals surface area contributed by atoms with Crippen molar-refractivity contribution in [3.8, 4) is 0 Å². The van der Waals surface area contributed by atoms with Crippen LogP contribution in [-0.2, 0) is 0 Å². The first-order valence-corrected chi connectivity index (χ1v) is 8.68. The summed E-state index contributed by atoms with van der Waals surface area (Å²) in [6, 6.07) is 0. The van der Waals surface area contributed by atoms with Crippen molar-refractivity contribution in [1.82, 2.24) is 0 Å². The van der Waals surface area contributed by atoms with Crippen molar-refractivity contribution in [2.24, 2.45) is 5.92 Å². The van der Waals surface area contributed by atoms with Gasteiger partial charge in [0.1, 0.15) is 0 Å². The largest absolute Gasteiger partial charge is 0.393 e. The molecule has 0 bridgehead atoms. The molecule has 0 aromatic rings. The van der Waals surface area contributed by atoms with Gasteiger partial charge in [-0.05, 0) is 18.8 Å². The maximum atomic E-state index is 9.56. The minimum atomic E-state index is -0.161. The molecule has 0 aromatic carbocycles. The Morgan fingerprint density at radius 2 is 1.16 bits per heavy atom. The first-order chi connectivity index (χ1) is 9.16. The number of aliphatic hydroxyl groups excluding tert-OH is 1. The molecule has 0 saturated heterocycles. The molecule has 0 saturated carbocycles. The van der Waals surface area contributed by atoms with E-state index in [1.165, 1.54) is 64.2 Å². The molecular formula is C18H37O. The minimum Gasteiger partial charge on any atom is -0.393 e. The Bertz CT molecular complexity index is 165. The molecule has 1 N–H and O–H groups in total. The zero-order valence-corrected chi connectivity index (χ0v) is 13.7. The number of rotatable bonds is 14. The Balaban J connectivity index is 3.03. The van der Waals surface area contributed by atoms with Crippen molar-refractivity contribution >= 4 is 0 Å². The SMILES string of the molecule is CC[CH]C(O)CCCCCCCCCCCC(C)C. The van der Waals surface area contributed by atoms with Gasteiger partial charge in [-0.25, -0.2) is 0 Å².